The minimum atomic E-state index is -0.0605. The fourth-order valence-electron chi connectivity index (χ4n) is 0.544. The number of hydrogen-bond acceptors (Lipinski definition) is 1. The predicted molar refractivity (Wildman–Crippen MR) is 47.7 cm³/mol. The highest BCUT2D eigenvalue weighted by Gasteiger charge is 2.13. The lowest BCUT2D eigenvalue weighted by atomic mass is 10.1. The van der Waals surface area contributed by atoms with Crippen molar-refractivity contribution in [2.24, 2.45) is 5.73 Å². The van der Waals surface area contributed by atoms with Crippen LogP contribution in [0.25, 0.3) is 0 Å². The predicted octanol–water partition coefficient (Wildman–Crippen LogP) is 2.12. The maximum absolute atomic E-state index is 5.83. The number of alkyl halides is 2. The molecule has 0 heterocycles. The van der Waals surface area contributed by atoms with E-state index in [9.17, 15) is 0 Å². The zero-order valence-electron chi connectivity index (χ0n) is 6.06. The van der Waals surface area contributed by atoms with Crippen molar-refractivity contribution in [1.29, 1.82) is 0 Å². The first-order valence-corrected chi connectivity index (χ1v) is 4.11. The largest absolute Gasteiger partial charge is 0.324 e. The van der Waals surface area contributed by atoms with Crippen LogP contribution in [0, 0.1) is 0 Å². The number of rotatable bonds is 4. The topological polar surface area (TPSA) is 26.0 Å². The van der Waals surface area contributed by atoms with Crippen molar-refractivity contribution in [2.75, 3.05) is 0 Å². The molecule has 0 rings (SSSR count). The Bertz CT molecular complexity index is 104. The average Bonchev–Trinajstić information content (AvgIpc) is 1.87. The molecule has 2 N–H and O–H groups in total. The Labute approximate surface area is 72.2 Å². The Morgan fingerprint density at radius 2 is 2.10 bits per heavy atom. The second-order valence-electron chi connectivity index (χ2n) is 2.33. The lowest BCUT2D eigenvalue weighted by molar-refractivity contribution is 0.668. The van der Waals surface area contributed by atoms with Crippen molar-refractivity contribution < 1.29 is 0 Å². The summed E-state index contributed by atoms with van der Waals surface area (Å²) < 4.78 is 0. The van der Waals surface area contributed by atoms with E-state index in [1.807, 2.05) is 6.92 Å². The zero-order valence-corrected chi connectivity index (χ0v) is 7.57. The lowest BCUT2D eigenvalue weighted by Crippen LogP contribution is -2.24. The highest BCUT2D eigenvalue weighted by molar-refractivity contribution is 6.29. The number of hydrogen-bond donors (Lipinski definition) is 1. The van der Waals surface area contributed by atoms with Gasteiger partial charge in [0.15, 0.2) is 0 Å². The molecule has 0 aromatic heterocycles. The summed E-state index contributed by atoms with van der Waals surface area (Å²) in [4.78, 5) is 0. The van der Waals surface area contributed by atoms with Gasteiger partial charge in [0.2, 0.25) is 0 Å². The summed E-state index contributed by atoms with van der Waals surface area (Å²) >= 11 is 11.5. The van der Waals surface area contributed by atoms with E-state index < -0.39 is 0 Å². The van der Waals surface area contributed by atoms with Crippen LogP contribution in [0.15, 0.2) is 12.7 Å². The molecule has 1 unspecified atom stereocenters. The molecular weight excluding hydrogens is 169 g/mol. The first-order valence-electron chi connectivity index (χ1n) is 3.24. The molecule has 10 heavy (non-hydrogen) atoms. The van der Waals surface area contributed by atoms with Crippen molar-refractivity contribution in [3.8, 4) is 0 Å². The van der Waals surface area contributed by atoms with Gasteiger partial charge in [-0.05, 0) is 13.3 Å². The quantitative estimate of drug-likeness (QED) is 0.523. The molecule has 0 aromatic rings. The molecule has 0 saturated heterocycles. The summed E-state index contributed by atoms with van der Waals surface area (Å²) in [5.74, 6) is 0. The van der Waals surface area contributed by atoms with Gasteiger partial charge < -0.3 is 5.73 Å². The van der Waals surface area contributed by atoms with E-state index >= 15 is 0 Å². The van der Waals surface area contributed by atoms with E-state index in [-0.39, 0.29) is 16.8 Å². The van der Waals surface area contributed by atoms with E-state index in [1.165, 1.54) is 0 Å². The van der Waals surface area contributed by atoms with Crippen LogP contribution >= 0.6 is 23.2 Å². The fourth-order valence-corrected chi connectivity index (χ4v) is 0.852. The first-order chi connectivity index (χ1) is 4.57. The van der Waals surface area contributed by atoms with Crippen LogP contribution in [-0.4, -0.2) is 16.8 Å². The van der Waals surface area contributed by atoms with Crippen molar-refractivity contribution in [3.05, 3.63) is 12.7 Å². The van der Waals surface area contributed by atoms with Gasteiger partial charge in [-0.15, -0.1) is 29.8 Å². The van der Waals surface area contributed by atoms with E-state index in [2.05, 4.69) is 6.58 Å². The van der Waals surface area contributed by atoms with Gasteiger partial charge >= 0.3 is 0 Å². The van der Waals surface area contributed by atoms with Crippen LogP contribution in [0.2, 0.25) is 0 Å². The maximum atomic E-state index is 5.83. The third kappa shape index (κ3) is 4.15. The van der Waals surface area contributed by atoms with Crippen LogP contribution in [0.5, 0.6) is 0 Å². The third-order valence-corrected chi connectivity index (χ3v) is 2.29. The SMILES string of the molecule is C=C[C@H](N)CC(Cl)[C@@H](C)Cl. The fraction of sp³-hybridized carbons (Fsp3) is 0.714. The zero-order chi connectivity index (χ0) is 8.15. The van der Waals surface area contributed by atoms with Crippen molar-refractivity contribution in [3.63, 3.8) is 0 Å². The molecule has 0 bridgehead atoms. The molecule has 0 fully saturated rings. The molecule has 0 aliphatic rings. The average molecular weight is 182 g/mol. The van der Waals surface area contributed by atoms with Crippen molar-refractivity contribution >= 4 is 23.2 Å². The summed E-state index contributed by atoms with van der Waals surface area (Å²) in [6.07, 6.45) is 2.37. The summed E-state index contributed by atoms with van der Waals surface area (Å²) in [5.41, 5.74) is 5.55. The van der Waals surface area contributed by atoms with Gasteiger partial charge in [-0.3, -0.25) is 0 Å². The first kappa shape index (κ1) is 10.3. The van der Waals surface area contributed by atoms with E-state index in [1.54, 1.807) is 6.08 Å². The molecule has 1 nitrogen and oxygen atoms in total. The van der Waals surface area contributed by atoms with Gasteiger partial charge in [-0.25, -0.2) is 0 Å². The molecule has 0 saturated carbocycles. The van der Waals surface area contributed by atoms with Crippen LogP contribution in [0.1, 0.15) is 13.3 Å². The summed E-state index contributed by atoms with van der Waals surface area (Å²) in [6.45, 7) is 5.40. The van der Waals surface area contributed by atoms with E-state index in [0.717, 1.165) is 0 Å². The van der Waals surface area contributed by atoms with E-state index in [0.29, 0.717) is 6.42 Å². The van der Waals surface area contributed by atoms with Gasteiger partial charge in [0.1, 0.15) is 0 Å². The molecule has 0 aliphatic carbocycles. The molecule has 0 amide bonds. The highest BCUT2D eigenvalue weighted by Crippen LogP contribution is 2.14. The second-order valence-corrected chi connectivity index (χ2v) is 3.58. The molecule has 3 heteroatoms. The minimum absolute atomic E-state index is 0.0346. The van der Waals surface area contributed by atoms with E-state index in [4.69, 9.17) is 28.9 Å². The third-order valence-electron chi connectivity index (χ3n) is 1.30. The summed E-state index contributed by atoms with van der Waals surface area (Å²) in [7, 11) is 0. The summed E-state index contributed by atoms with van der Waals surface area (Å²) in [5, 5.41) is -0.0951. The molecule has 3 atom stereocenters. The Kier molecular flexibility index (Phi) is 5.14. The lowest BCUT2D eigenvalue weighted by Gasteiger charge is -2.13. The Hall–Kier alpha value is 0.280. The second kappa shape index (κ2) is 5.00. The Morgan fingerprint density at radius 3 is 2.40 bits per heavy atom. The Balaban J connectivity index is 3.56. The number of halogens is 2. The number of nitrogens with two attached hydrogens (primary N) is 1. The minimum Gasteiger partial charge on any atom is -0.324 e. The monoisotopic (exact) mass is 181 g/mol. The molecule has 60 valence electrons. The van der Waals surface area contributed by atoms with Crippen molar-refractivity contribution in [2.45, 2.75) is 30.1 Å². The molecule has 0 aromatic carbocycles. The van der Waals surface area contributed by atoms with Crippen LogP contribution in [-0.2, 0) is 0 Å². The van der Waals surface area contributed by atoms with Crippen molar-refractivity contribution in [1.82, 2.24) is 0 Å². The summed E-state index contributed by atoms with van der Waals surface area (Å²) in [6, 6.07) is -0.0382. The van der Waals surface area contributed by atoms with Crippen LogP contribution in [0.3, 0.4) is 0 Å². The Morgan fingerprint density at radius 1 is 1.60 bits per heavy atom. The van der Waals surface area contributed by atoms with Gasteiger partial charge in [0.25, 0.3) is 0 Å². The van der Waals surface area contributed by atoms with Crippen LogP contribution < -0.4 is 5.73 Å². The normalized spacial score (nSPS) is 19.6. The molecule has 0 aliphatic heterocycles. The van der Waals surface area contributed by atoms with Gasteiger partial charge in [-0.2, -0.15) is 0 Å². The molecular formula is C7H13Cl2N. The smallest absolute Gasteiger partial charge is 0.0514 e. The molecule has 0 radical (unpaired) electrons. The van der Waals surface area contributed by atoms with Gasteiger partial charge in [0.05, 0.1) is 5.38 Å². The van der Waals surface area contributed by atoms with Gasteiger partial charge in [-0.1, -0.05) is 6.08 Å². The maximum Gasteiger partial charge on any atom is 0.0514 e. The van der Waals surface area contributed by atoms with Gasteiger partial charge in [0, 0.05) is 11.4 Å². The highest BCUT2D eigenvalue weighted by atomic mass is 35.5. The van der Waals surface area contributed by atoms with Crippen LogP contribution in [0.4, 0.5) is 0 Å². The standard InChI is InChI=1S/C7H13Cl2N/c1-3-6(10)4-7(9)5(2)8/h3,5-7H,1,4,10H2,2H3/t5-,6+,7?/m1/s1. The molecule has 0 spiro atoms.